The highest BCUT2D eigenvalue weighted by atomic mass is 31.2. The smallest absolute Gasteiger partial charge is 0.386 e. The third-order valence-corrected chi connectivity index (χ3v) is 6.32. The van der Waals surface area contributed by atoms with Crippen molar-refractivity contribution in [2.24, 2.45) is 0 Å². The van der Waals surface area contributed by atoms with Crippen molar-refractivity contribution in [3.63, 3.8) is 0 Å². The van der Waals surface area contributed by atoms with E-state index in [-0.39, 0.29) is 0 Å². The molecule has 1 atom stereocenters. The maximum Gasteiger partial charge on any atom is 0.647 e. The average molecular weight is 432 g/mol. The molecule has 0 amide bonds. The number of phosphoric ester groups is 1. The number of benzene rings is 4. The summed E-state index contributed by atoms with van der Waals surface area (Å²) in [7, 11) is -4.03. The molecule has 1 unspecified atom stereocenters. The summed E-state index contributed by atoms with van der Waals surface area (Å²) in [4.78, 5) is 0. The standard InChI is InChI=1S/C26H25O4P/c1-4-21-10-13-24(14-11-21)28-31(27,30-26-16-9-19(2)17-20(26)3)29-25-15-12-22-7-5-6-8-23(22)18-25/h5-18H,4H2,1-3H3. The quantitative estimate of drug-likeness (QED) is 0.281. The van der Waals surface area contributed by atoms with Crippen LogP contribution in [-0.2, 0) is 11.0 Å². The maximum atomic E-state index is 13.8. The van der Waals surface area contributed by atoms with E-state index in [1.807, 2.05) is 74.5 Å². The van der Waals surface area contributed by atoms with Crippen LogP contribution in [-0.4, -0.2) is 0 Å². The third-order valence-electron chi connectivity index (χ3n) is 5.03. The lowest BCUT2D eigenvalue weighted by Gasteiger charge is -2.21. The number of fused-ring (bicyclic) bond motifs is 1. The summed E-state index contributed by atoms with van der Waals surface area (Å²) in [5, 5.41) is 2.04. The second-order valence-corrected chi connectivity index (χ2v) is 8.94. The number of phosphoric acid groups is 1. The van der Waals surface area contributed by atoms with Crippen LogP contribution in [0.25, 0.3) is 10.8 Å². The molecule has 158 valence electrons. The van der Waals surface area contributed by atoms with Crippen LogP contribution in [0.3, 0.4) is 0 Å². The van der Waals surface area contributed by atoms with E-state index in [4.69, 9.17) is 13.6 Å². The molecule has 0 radical (unpaired) electrons. The Morgan fingerprint density at radius 3 is 2.10 bits per heavy atom. The van der Waals surface area contributed by atoms with Gasteiger partial charge in [-0.25, -0.2) is 0 Å². The van der Waals surface area contributed by atoms with Crippen LogP contribution in [0, 0.1) is 13.8 Å². The van der Waals surface area contributed by atoms with Gasteiger partial charge >= 0.3 is 7.82 Å². The highest BCUT2D eigenvalue weighted by Crippen LogP contribution is 2.50. The molecule has 0 aliphatic rings. The van der Waals surface area contributed by atoms with Crippen molar-refractivity contribution in [1.82, 2.24) is 0 Å². The number of hydrogen-bond acceptors (Lipinski definition) is 4. The summed E-state index contributed by atoms with van der Waals surface area (Å²) in [5.74, 6) is 1.29. The lowest BCUT2D eigenvalue weighted by Crippen LogP contribution is -2.08. The van der Waals surface area contributed by atoms with Crippen molar-refractivity contribution in [3.8, 4) is 17.2 Å². The summed E-state index contributed by atoms with van der Waals surface area (Å²) < 4.78 is 31.3. The third kappa shape index (κ3) is 5.10. The number of aryl methyl sites for hydroxylation is 3. The normalized spacial score (nSPS) is 12.9. The fraction of sp³-hybridized carbons (Fsp3) is 0.154. The molecule has 31 heavy (non-hydrogen) atoms. The Balaban J connectivity index is 1.68. The lowest BCUT2D eigenvalue weighted by atomic mass is 10.1. The number of rotatable bonds is 7. The van der Waals surface area contributed by atoms with E-state index in [1.165, 1.54) is 0 Å². The minimum atomic E-state index is -4.03. The van der Waals surface area contributed by atoms with Gasteiger partial charge < -0.3 is 13.6 Å². The van der Waals surface area contributed by atoms with E-state index < -0.39 is 7.82 Å². The van der Waals surface area contributed by atoms with Gasteiger partial charge in [0.2, 0.25) is 0 Å². The second-order valence-electron chi connectivity index (χ2n) is 7.50. The SMILES string of the molecule is CCc1ccc(OP(=O)(Oc2ccc3ccccc3c2)Oc2ccc(C)cc2C)cc1. The van der Waals surface area contributed by atoms with Gasteiger partial charge in [0.05, 0.1) is 0 Å². The maximum absolute atomic E-state index is 13.8. The molecule has 4 nitrogen and oxygen atoms in total. The molecular formula is C26H25O4P. The lowest BCUT2D eigenvalue weighted by molar-refractivity contribution is 0.298. The first-order valence-corrected chi connectivity index (χ1v) is 11.7. The Kier molecular flexibility index (Phi) is 6.01. The van der Waals surface area contributed by atoms with E-state index in [2.05, 4.69) is 6.92 Å². The van der Waals surface area contributed by atoms with Gasteiger partial charge in [0.15, 0.2) is 0 Å². The zero-order chi connectivity index (χ0) is 21.8. The van der Waals surface area contributed by atoms with Gasteiger partial charge in [-0.05, 0) is 72.5 Å². The molecule has 0 aromatic heterocycles. The van der Waals surface area contributed by atoms with Crippen LogP contribution < -0.4 is 13.6 Å². The summed E-state index contributed by atoms with van der Waals surface area (Å²) in [6, 6.07) is 26.5. The van der Waals surface area contributed by atoms with Crippen LogP contribution in [0.1, 0.15) is 23.6 Å². The highest BCUT2D eigenvalue weighted by Gasteiger charge is 2.33. The molecule has 4 rings (SSSR count). The van der Waals surface area contributed by atoms with Gasteiger partial charge in [-0.15, -0.1) is 0 Å². The van der Waals surface area contributed by atoms with Crippen LogP contribution in [0.5, 0.6) is 17.2 Å². The van der Waals surface area contributed by atoms with E-state index >= 15 is 0 Å². The Hall–Kier alpha value is -3.23. The van der Waals surface area contributed by atoms with E-state index in [0.29, 0.717) is 17.2 Å². The summed E-state index contributed by atoms with van der Waals surface area (Å²) >= 11 is 0. The van der Waals surface area contributed by atoms with Crippen molar-refractivity contribution in [1.29, 1.82) is 0 Å². The van der Waals surface area contributed by atoms with Gasteiger partial charge in [-0.3, -0.25) is 0 Å². The molecule has 0 N–H and O–H groups in total. The van der Waals surface area contributed by atoms with Crippen LogP contribution in [0.4, 0.5) is 0 Å². The summed E-state index contributed by atoms with van der Waals surface area (Å²) in [5.41, 5.74) is 3.10. The fourth-order valence-electron chi connectivity index (χ4n) is 3.35. The molecule has 0 saturated carbocycles. The van der Waals surface area contributed by atoms with E-state index in [0.717, 1.165) is 33.9 Å². The topological polar surface area (TPSA) is 44.8 Å². The number of hydrogen-bond donors (Lipinski definition) is 0. The van der Waals surface area contributed by atoms with Crippen molar-refractivity contribution in [2.45, 2.75) is 27.2 Å². The van der Waals surface area contributed by atoms with Crippen molar-refractivity contribution < 1.29 is 18.1 Å². The molecule has 5 heteroatoms. The molecule has 4 aromatic carbocycles. The average Bonchev–Trinajstić information content (AvgIpc) is 2.76. The van der Waals surface area contributed by atoms with Gasteiger partial charge in [-0.2, -0.15) is 4.57 Å². The monoisotopic (exact) mass is 432 g/mol. The minimum absolute atomic E-state index is 0.414. The van der Waals surface area contributed by atoms with E-state index in [9.17, 15) is 4.57 Å². The van der Waals surface area contributed by atoms with Crippen LogP contribution in [0.15, 0.2) is 84.9 Å². The fourth-order valence-corrected chi connectivity index (χ4v) is 4.66. The molecule has 0 fully saturated rings. The Morgan fingerprint density at radius 2 is 1.39 bits per heavy atom. The van der Waals surface area contributed by atoms with E-state index in [1.54, 1.807) is 24.3 Å². The first kappa shape index (κ1) is 21.0. The molecule has 0 aliphatic heterocycles. The Labute approximate surface area is 183 Å². The second kappa shape index (κ2) is 8.87. The minimum Gasteiger partial charge on any atom is -0.386 e. The molecule has 0 saturated heterocycles. The molecule has 0 spiro atoms. The zero-order valence-electron chi connectivity index (χ0n) is 17.9. The first-order chi connectivity index (χ1) is 14.9. The van der Waals surface area contributed by atoms with Gasteiger partial charge in [0.25, 0.3) is 0 Å². The van der Waals surface area contributed by atoms with Crippen molar-refractivity contribution in [2.75, 3.05) is 0 Å². The highest BCUT2D eigenvalue weighted by molar-refractivity contribution is 7.49. The van der Waals surface area contributed by atoms with Crippen LogP contribution in [0.2, 0.25) is 0 Å². The zero-order valence-corrected chi connectivity index (χ0v) is 18.8. The Bertz CT molecular complexity index is 1250. The first-order valence-electron chi connectivity index (χ1n) is 10.3. The predicted octanol–water partition coefficient (Wildman–Crippen LogP) is 7.66. The molecule has 0 aliphatic carbocycles. The molecule has 0 bridgehead atoms. The summed E-state index contributed by atoms with van der Waals surface area (Å²) in [6.07, 6.45) is 0.907. The van der Waals surface area contributed by atoms with Crippen LogP contribution >= 0.6 is 7.82 Å². The van der Waals surface area contributed by atoms with Gasteiger partial charge in [0, 0.05) is 0 Å². The molecule has 0 heterocycles. The largest absolute Gasteiger partial charge is 0.647 e. The van der Waals surface area contributed by atoms with Crippen molar-refractivity contribution in [3.05, 3.63) is 102 Å². The van der Waals surface area contributed by atoms with Gasteiger partial charge in [-0.1, -0.05) is 67.1 Å². The predicted molar refractivity (Wildman–Crippen MR) is 125 cm³/mol. The van der Waals surface area contributed by atoms with Gasteiger partial charge in [0.1, 0.15) is 17.2 Å². The molecular weight excluding hydrogens is 407 g/mol. The molecule has 4 aromatic rings. The Morgan fingerprint density at radius 1 is 0.710 bits per heavy atom. The summed E-state index contributed by atoms with van der Waals surface area (Å²) in [6.45, 7) is 5.97. The van der Waals surface area contributed by atoms with Crippen molar-refractivity contribution >= 4 is 18.6 Å².